The van der Waals surface area contributed by atoms with E-state index in [1.54, 1.807) is 51.6 Å². The molecule has 0 atom stereocenters. The van der Waals surface area contributed by atoms with Crippen LogP contribution >= 0.6 is 0 Å². The summed E-state index contributed by atoms with van der Waals surface area (Å²) in [5, 5.41) is 7.81. The van der Waals surface area contributed by atoms with E-state index in [1.165, 1.54) is 4.68 Å². The lowest BCUT2D eigenvalue weighted by Crippen LogP contribution is -2.35. The standard InChI is InChI=1S/C24H27N5O4S/c1-15-12-16(2)23(17(3)13-15)34(31,32)28(14-21-26-25-19(5)33-21)22-18(4)27(6)29(24(22)30)20-10-8-7-9-11-20/h7-13H,14H2,1-6H3. The van der Waals surface area contributed by atoms with Crippen LogP contribution in [0.4, 0.5) is 5.69 Å². The fourth-order valence-corrected chi connectivity index (χ4v) is 6.22. The molecule has 0 aliphatic rings. The molecule has 0 amide bonds. The topological polar surface area (TPSA) is 103 Å². The molecule has 178 valence electrons. The van der Waals surface area contributed by atoms with Gasteiger partial charge < -0.3 is 4.42 Å². The Kier molecular flexibility index (Phi) is 5.94. The Morgan fingerprint density at radius 3 is 2.15 bits per heavy atom. The number of hydrogen-bond donors (Lipinski definition) is 0. The summed E-state index contributed by atoms with van der Waals surface area (Å²) in [6.45, 7) is 8.48. The number of rotatable bonds is 6. The molecular formula is C24H27N5O4S. The third kappa shape index (κ3) is 3.94. The monoisotopic (exact) mass is 481 g/mol. The normalized spacial score (nSPS) is 11.7. The van der Waals surface area contributed by atoms with Crippen molar-refractivity contribution in [3.63, 3.8) is 0 Å². The van der Waals surface area contributed by atoms with E-state index in [2.05, 4.69) is 10.2 Å². The molecule has 0 unspecified atom stereocenters. The van der Waals surface area contributed by atoms with Crippen LogP contribution in [0.15, 0.2) is 56.6 Å². The third-order valence-electron chi connectivity index (χ3n) is 5.77. The average molecular weight is 482 g/mol. The van der Waals surface area contributed by atoms with Gasteiger partial charge in [-0.25, -0.2) is 17.4 Å². The van der Waals surface area contributed by atoms with E-state index in [9.17, 15) is 13.2 Å². The van der Waals surface area contributed by atoms with Gasteiger partial charge in [0.2, 0.25) is 11.8 Å². The number of aryl methyl sites for hydroxylation is 4. The lowest BCUT2D eigenvalue weighted by molar-refractivity contribution is 0.468. The first-order chi connectivity index (χ1) is 16.0. The molecule has 2 aromatic carbocycles. The van der Waals surface area contributed by atoms with Crippen LogP contribution < -0.4 is 9.86 Å². The zero-order valence-corrected chi connectivity index (χ0v) is 20.8. The van der Waals surface area contributed by atoms with Gasteiger partial charge in [-0.3, -0.25) is 9.48 Å². The maximum atomic E-state index is 14.1. The Morgan fingerprint density at radius 2 is 1.59 bits per heavy atom. The summed E-state index contributed by atoms with van der Waals surface area (Å²) in [6.07, 6.45) is 0. The fraction of sp³-hybridized carbons (Fsp3) is 0.292. The number of nitrogens with zero attached hydrogens (tertiary/aromatic N) is 5. The van der Waals surface area contributed by atoms with E-state index in [4.69, 9.17) is 4.42 Å². The summed E-state index contributed by atoms with van der Waals surface area (Å²) in [4.78, 5) is 13.9. The molecule has 0 N–H and O–H groups in total. The number of aromatic nitrogens is 4. The first-order valence-electron chi connectivity index (χ1n) is 10.8. The van der Waals surface area contributed by atoms with Crippen LogP contribution in [0.25, 0.3) is 5.69 Å². The van der Waals surface area contributed by atoms with Crippen LogP contribution in [-0.2, 0) is 23.6 Å². The lowest BCUT2D eigenvalue weighted by atomic mass is 10.1. The van der Waals surface area contributed by atoms with Crippen LogP contribution in [0.1, 0.15) is 34.2 Å². The molecule has 4 aromatic rings. The Balaban J connectivity index is 1.99. The molecule has 10 heteroatoms. The second kappa shape index (κ2) is 8.60. The van der Waals surface area contributed by atoms with Gasteiger partial charge >= 0.3 is 0 Å². The average Bonchev–Trinajstić information content (AvgIpc) is 3.26. The minimum atomic E-state index is -4.17. The molecule has 0 saturated carbocycles. The number of para-hydroxylation sites is 1. The third-order valence-corrected chi connectivity index (χ3v) is 7.82. The zero-order valence-electron chi connectivity index (χ0n) is 20.0. The van der Waals surface area contributed by atoms with Gasteiger partial charge in [-0.05, 0) is 51.0 Å². The highest BCUT2D eigenvalue weighted by Crippen LogP contribution is 2.31. The van der Waals surface area contributed by atoms with E-state index in [0.717, 1.165) is 9.87 Å². The van der Waals surface area contributed by atoms with Crippen LogP contribution in [0.2, 0.25) is 0 Å². The van der Waals surface area contributed by atoms with Gasteiger partial charge in [-0.1, -0.05) is 35.9 Å². The molecule has 34 heavy (non-hydrogen) atoms. The molecule has 0 radical (unpaired) electrons. The van der Waals surface area contributed by atoms with E-state index >= 15 is 0 Å². The summed E-state index contributed by atoms with van der Waals surface area (Å²) < 4.78 is 38.0. The molecule has 2 heterocycles. The first kappa shape index (κ1) is 23.5. The van der Waals surface area contributed by atoms with Gasteiger partial charge in [0.15, 0.2) is 0 Å². The van der Waals surface area contributed by atoms with Gasteiger partial charge in [-0.15, -0.1) is 10.2 Å². The van der Waals surface area contributed by atoms with Gasteiger partial charge in [0.1, 0.15) is 12.2 Å². The van der Waals surface area contributed by atoms with Crippen LogP contribution in [0.5, 0.6) is 0 Å². The van der Waals surface area contributed by atoms with E-state index in [1.807, 2.05) is 37.3 Å². The molecule has 0 fully saturated rings. The number of anilines is 1. The first-order valence-corrected chi connectivity index (χ1v) is 12.2. The quantitative estimate of drug-likeness (QED) is 0.418. The highest BCUT2D eigenvalue weighted by Gasteiger charge is 2.35. The number of benzene rings is 2. The Hall–Kier alpha value is -3.66. The molecule has 0 aliphatic heterocycles. The van der Waals surface area contributed by atoms with Gasteiger partial charge in [0, 0.05) is 14.0 Å². The van der Waals surface area contributed by atoms with E-state index < -0.39 is 15.6 Å². The second-order valence-corrected chi connectivity index (χ2v) is 10.2. The highest BCUT2D eigenvalue weighted by molar-refractivity contribution is 7.92. The van der Waals surface area contributed by atoms with E-state index in [-0.39, 0.29) is 23.0 Å². The van der Waals surface area contributed by atoms with Crippen molar-refractivity contribution in [2.45, 2.75) is 46.1 Å². The van der Waals surface area contributed by atoms with Crippen LogP contribution in [-0.4, -0.2) is 28.0 Å². The van der Waals surface area contributed by atoms with Crippen molar-refractivity contribution in [2.24, 2.45) is 7.05 Å². The fourth-order valence-electron chi connectivity index (χ4n) is 4.33. The van der Waals surface area contributed by atoms with Crippen molar-refractivity contribution in [1.29, 1.82) is 0 Å². The van der Waals surface area contributed by atoms with Crippen molar-refractivity contribution >= 4 is 15.7 Å². The Bertz CT molecular complexity index is 1510. The molecule has 9 nitrogen and oxygen atoms in total. The van der Waals surface area contributed by atoms with Crippen LogP contribution in [0.3, 0.4) is 0 Å². The van der Waals surface area contributed by atoms with Crippen molar-refractivity contribution in [3.8, 4) is 5.69 Å². The van der Waals surface area contributed by atoms with Crippen molar-refractivity contribution in [1.82, 2.24) is 19.6 Å². The van der Waals surface area contributed by atoms with Gasteiger partial charge in [-0.2, -0.15) is 0 Å². The molecule has 0 aliphatic carbocycles. The minimum absolute atomic E-state index is 0.0292. The summed E-state index contributed by atoms with van der Waals surface area (Å²) in [6, 6.07) is 12.7. The lowest BCUT2D eigenvalue weighted by Gasteiger charge is -2.24. The maximum Gasteiger partial charge on any atom is 0.296 e. The number of sulfonamides is 1. The van der Waals surface area contributed by atoms with Gasteiger partial charge in [0.05, 0.1) is 16.3 Å². The predicted octanol–water partition coefficient (Wildman–Crippen LogP) is 3.50. The van der Waals surface area contributed by atoms with E-state index in [0.29, 0.717) is 28.4 Å². The zero-order chi connectivity index (χ0) is 24.8. The van der Waals surface area contributed by atoms with Crippen LogP contribution in [0, 0.1) is 34.6 Å². The summed E-state index contributed by atoms with van der Waals surface area (Å²) in [5.74, 6) is 0.402. The summed E-state index contributed by atoms with van der Waals surface area (Å²) >= 11 is 0. The summed E-state index contributed by atoms with van der Waals surface area (Å²) in [7, 11) is -2.45. The van der Waals surface area contributed by atoms with Gasteiger partial charge in [0.25, 0.3) is 15.6 Å². The predicted molar refractivity (Wildman–Crippen MR) is 129 cm³/mol. The van der Waals surface area contributed by atoms with Crippen molar-refractivity contribution in [2.75, 3.05) is 4.31 Å². The summed E-state index contributed by atoms with van der Waals surface area (Å²) in [5.41, 5.74) is 2.82. The highest BCUT2D eigenvalue weighted by atomic mass is 32.2. The molecule has 0 spiro atoms. The molecular weight excluding hydrogens is 454 g/mol. The maximum absolute atomic E-state index is 14.1. The van der Waals surface area contributed by atoms with Crippen molar-refractivity contribution in [3.05, 3.63) is 87.0 Å². The van der Waals surface area contributed by atoms with Crippen molar-refractivity contribution < 1.29 is 12.8 Å². The molecule has 0 saturated heterocycles. The minimum Gasteiger partial charge on any atom is -0.424 e. The Labute approximate surface area is 198 Å². The second-order valence-electron chi connectivity index (χ2n) is 8.36. The smallest absolute Gasteiger partial charge is 0.296 e. The molecule has 2 aromatic heterocycles. The SMILES string of the molecule is Cc1cc(C)c(S(=O)(=O)N(Cc2nnc(C)o2)c2c(C)n(C)n(-c3ccccc3)c2=O)c(C)c1. The largest absolute Gasteiger partial charge is 0.424 e. The molecule has 4 rings (SSSR count). The Morgan fingerprint density at radius 1 is 0.971 bits per heavy atom. The molecule has 0 bridgehead atoms. The number of hydrogen-bond acceptors (Lipinski definition) is 6.